The molecule has 1 aliphatic rings. The Labute approximate surface area is 120 Å². The van der Waals surface area contributed by atoms with Gasteiger partial charge >= 0.3 is 0 Å². The third-order valence-electron chi connectivity index (χ3n) is 3.70. The highest BCUT2D eigenvalue weighted by Crippen LogP contribution is 2.30. The molecule has 3 nitrogen and oxygen atoms in total. The predicted molar refractivity (Wildman–Crippen MR) is 80.4 cm³/mol. The van der Waals surface area contributed by atoms with Gasteiger partial charge in [-0.15, -0.1) is 11.3 Å². The second-order valence-corrected chi connectivity index (χ2v) is 7.94. The van der Waals surface area contributed by atoms with Crippen LogP contribution in [0.25, 0.3) is 0 Å². The topological polar surface area (TPSA) is 36.4 Å². The van der Waals surface area contributed by atoms with Crippen molar-refractivity contribution in [1.82, 2.24) is 9.88 Å². The fraction of sp³-hybridized carbons (Fsp3) is 0.800. The molecule has 108 valence electrons. The highest BCUT2D eigenvalue weighted by atomic mass is 32.1. The van der Waals surface area contributed by atoms with Crippen LogP contribution in [-0.4, -0.2) is 28.1 Å². The van der Waals surface area contributed by atoms with Crippen molar-refractivity contribution < 1.29 is 5.11 Å². The lowest BCUT2D eigenvalue weighted by Gasteiger charge is -2.30. The summed E-state index contributed by atoms with van der Waals surface area (Å²) < 4.78 is 0. The van der Waals surface area contributed by atoms with Crippen LogP contribution >= 0.6 is 11.3 Å². The molecule has 0 saturated carbocycles. The minimum atomic E-state index is 0.0159. The summed E-state index contributed by atoms with van der Waals surface area (Å²) in [5.41, 5.74) is 1.09. The Hall–Kier alpha value is -0.450. The van der Waals surface area contributed by atoms with Crippen molar-refractivity contribution in [2.75, 3.05) is 13.1 Å². The van der Waals surface area contributed by atoms with Crippen molar-refractivity contribution in [2.24, 2.45) is 5.92 Å². The summed E-state index contributed by atoms with van der Waals surface area (Å²) >= 11 is 1.68. The molecule has 1 unspecified atom stereocenters. The Kier molecular flexibility index (Phi) is 4.64. The van der Waals surface area contributed by atoms with Gasteiger partial charge in [-0.2, -0.15) is 0 Å². The Morgan fingerprint density at radius 1 is 1.42 bits per heavy atom. The molecule has 19 heavy (non-hydrogen) atoms. The van der Waals surface area contributed by atoms with Crippen LogP contribution in [0, 0.1) is 5.92 Å². The Balaban J connectivity index is 2.10. The Bertz CT molecular complexity index is 422. The number of aromatic nitrogens is 1. The summed E-state index contributed by atoms with van der Waals surface area (Å²) in [6.07, 6.45) is 2.65. The largest absolute Gasteiger partial charge is 0.391 e. The summed E-state index contributed by atoms with van der Waals surface area (Å²) in [6.45, 7) is 12.2. The lowest BCUT2D eigenvalue weighted by atomic mass is 9.91. The number of likely N-dealkylation sites (tertiary alicyclic amines) is 1. The van der Waals surface area contributed by atoms with Gasteiger partial charge in [0.25, 0.3) is 0 Å². The predicted octanol–water partition coefficient (Wildman–Crippen LogP) is 3.16. The van der Waals surface area contributed by atoms with Crippen LogP contribution in [0.15, 0.2) is 0 Å². The first-order valence-corrected chi connectivity index (χ1v) is 8.04. The van der Waals surface area contributed by atoms with Crippen LogP contribution in [0.4, 0.5) is 0 Å². The van der Waals surface area contributed by atoms with E-state index in [2.05, 4.69) is 32.6 Å². The van der Waals surface area contributed by atoms with Gasteiger partial charge in [-0.25, -0.2) is 4.98 Å². The zero-order chi connectivity index (χ0) is 14.0. The molecule has 0 aromatic carbocycles. The zero-order valence-corrected chi connectivity index (χ0v) is 13.4. The van der Waals surface area contributed by atoms with Gasteiger partial charge < -0.3 is 5.11 Å². The minimum Gasteiger partial charge on any atom is -0.391 e. The van der Waals surface area contributed by atoms with Gasteiger partial charge in [0, 0.05) is 12.0 Å². The number of rotatable bonds is 3. The molecule has 1 aromatic heterocycles. The molecule has 0 aliphatic carbocycles. The lowest BCUT2D eigenvalue weighted by molar-refractivity contribution is 0.176. The fourth-order valence-electron chi connectivity index (χ4n) is 2.78. The minimum absolute atomic E-state index is 0.0159. The number of thiazole rings is 1. The maximum atomic E-state index is 9.50. The number of aliphatic hydroxyl groups excluding tert-OH is 1. The van der Waals surface area contributed by atoms with Crippen LogP contribution < -0.4 is 0 Å². The average molecular weight is 282 g/mol. The quantitative estimate of drug-likeness (QED) is 0.925. The zero-order valence-electron chi connectivity index (χ0n) is 12.6. The summed E-state index contributed by atoms with van der Waals surface area (Å²) in [7, 11) is 0. The highest BCUT2D eigenvalue weighted by Gasteiger charge is 2.24. The molecule has 1 saturated heterocycles. The summed E-state index contributed by atoms with van der Waals surface area (Å²) in [6, 6.07) is 0. The molecule has 1 N–H and O–H groups in total. The van der Waals surface area contributed by atoms with Crippen molar-refractivity contribution in [3.05, 3.63) is 15.6 Å². The molecule has 4 heteroatoms. The van der Waals surface area contributed by atoms with E-state index in [0.717, 1.165) is 28.0 Å². The number of hydrogen-bond donors (Lipinski definition) is 1. The van der Waals surface area contributed by atoms with E-state index in [9.17, 15) is 5.11 Å². The number of aliphatic hydroxyl groups is 1. The Morgan fingerprint density at radius 3 is 2.68 bits per heavy atom. The molecule has 1 aliphatic heterocycles. The maximum Gasteiger partial charge on any atom is 0.107 e. The monoisotopic (exact) mass is 282 g/mol. The highest BCUT2D eigenvalue weighted by molar-refractivity contribution is 7.11. The molecule has 0 bridgehead atoms. The number of nitrogens with zero attached hydrogens (tertiary/aromatic N) is 2. The standard InChI is InChI=1S/C15H26N2OS/c1-11-6-5-7-17(8-11)9-13-16-14(15(2,3)4)12(10-18)19-13/h11,18H,5-10H2,1-4H3. The molecule has 1 atom stereocenters. The molecular weight excluding hydrogens is 256 g/mol. The smallest absolute Gasteiger partial charge is 0.107 e. The average Bonchev–Trinajstić information content (AvgIpc) is 2.72. The van der Waals surface area contributed by atoms with Gasteiger partial charge in [0.1, 0.15) is 5.01 Å². The number of hydrogen-bond acceptors (Lipinski definition) is 4. The van der Waals surface area contributed by atoms with E-state index < -0.39 is 0 Å². The van der Waals surface area contributed by atoms with Crippen LogP contribution in [0.2, 0.25) is 0 Å². The van der Waals surface area contributed by atoms with Crippen LogP contribution in [0.3, 0.4) is 0 Å². The first-order valence-electron chi connectivity index (χ1n) is 7.22. The van der Waals surface area contributed by atoms with Crippen LogP contribution in [-0.2, 0) is 18.6 Å². The van der Waals surface area contributed by atoms with Crippen molar-refractivity contribution in [3.63, 3.8) is 0 Å². The maximum absolute atomic E-state index is 9.50. The van der Waals surface area contributed by atoms with Crippen molar-refractivity contribution in [1.29, 1.82) is 0 Å². The van der Waals surface area contributed by atoms with Crippen molar-refractivity contribution in [2.45, 2.75) is 59.1 Å². The number of piperidine rings is 1. The SMILES string of the molecule is CC1CCCN(Cc2nc(C(C)(C)C)c(CO)s2)C1. The third-order valence-corrected chi connectivity index (χ3v) is 4.72. The Morgan fingerprint density at radius 2 is 2.16 bits per heavy atom. The molecule has 0 spiro atoms. The molecule has 0 radical (unpaired) electrons. The molecule has 2 heterocycles. The second-order valence-electron chi connectivity index (χ2n) is 6.77. The lowest BCUT2D eigenvalue weighted by Crippen LogP contribution is -2.33. The molecule has 1 fully saturated rings. The van der Waals surface area contributed by atoms with Gasteiger partial charge in [0.05, 0.1) is 23.7 Å². The molecule has 1 aromatic rings. The first-order chi connectivity index (χ1) is 8.90. The molecule has 0 amide bonds. The second kappa shape index (κ2) is 5.90. The third kappa shape index (κ3) is 3.77. The summed E-state index contributed by atoms with van der Waals surface area (Å²) in [5.74, 6) is 0.799. The van der Waals surface area contributed by atoms with E-state index in [1.54, 1.807) is 11.3 Å². The van der Waals surface area contributed by atoms with Gasteiger partial charge in [-0.3, -0.25) is 4.90 Å². The van der Waals surface area contributed by atoms with E-state index >= 15 is 0 Å². The van der Waals surface area contributed by atoms with E-state index in [-0.39, 0.29) is 12.0 Å². The van der Waals surface area contributed by atoms with Crippen molar-refractivity contribution in [3.8, 4) is 0 Å². The van der Waals surface area contributed by atoms with E-state index in [0.29, 0.717) is 0 Å². The molecular formula is C15H26N2OS. The van der Waals surface area contributed by atoms with Crippen LogP contribution in [0.5, 0.6) is 0 Å². The molecule has 2 rings (SSSR count). The fourth-order valence-corrected chi connectivity index (χ4v) is 3.96. The van der Waals surface area contributed by atoms with E-state index in [4.69, 9.17) is 4.98 Å². The van der Waals surface area contributed by atoms with Gasteiger partial charge in [-0.1, -0.05) is 27.7 Å². The normalized spacial score (nSPS) is 21.8. The van der Waals surface area contributed by atoms with E-state index in [1.165, 1.54) is 25.9 Å². The summed E-state index contributed by atoms with van der Waals surface area (Å²) in [4.78, 5) is 8.32. The summed E-state index contributed by atoms with van der Waals surface area (Å²) in [5, 5.41) is 10.7. The first kappa shape index (κ1) is 14.9. The van der Waals surface area contributed by atoms with Crippen LogP contribution in [0.1, 0.15) is 56.1 Å². The van der Waals surface area contributed by atoms with Gasteiger partial charge in [0.2, 0.25) is 0 Å². The van der Waals surface area contributed by atoms with Gasteiger partial charge in [0.15, 0.2) is 0 Å². The van der Waals surface area contributed by atoms with Gasteiger partial charge in [-0.05, 0) is 25.3 Å². The van der Waals surface area contributed by atoms with E-state index in [1.807, 2.05) is 0 Å². The van der Waals surface area contributed by atoms with Crippen molar-refractivity contribution >= 4 is 11.3 Å².